The van der Waals surface area contributed by atoms with Crippen LogP contribution >= 0.6 is 0 Å². The molecule has 1 aliphatic rings. The molecule has 0 aromatic carbocycles. The topological polar surface area (TPSA) is 38.3 Å². The van der Waals surface area contributed by atoms with Crippen molar-refractivity contribution in [2.45, 2.75) is 33.1 Å². The molecule has 0 spiro atoms. The lowest BCUT2D eigenvalue weighted by Gasteiger charge is -2.13. The number of esters is 1. The molecule has 3 heteroatoms. The average Bonchev–Trinajstić information content (AvgIpc) is 2.87. The molecule has 0 heterocycles. The summed E-state index contributed by atoms with van der Waals surface area (Å²) in [5.41, 5.74) is -0.162. The van der Waals surface area contributed by atoms with Crippen molar-refractivity contribution in [1.82, 2.24) is 5.32 Å². The summed E-state index contributed by atoms with van der Waals surface area (Å²) in [7, 11) is 0. The zero-order chi connectivity index (χ0) is 9.73. The van der Waals surface area contributed by atoms with E-state index in [0.717, 1.165) is 32.4 Å². The fourth-order valence-electron chi connectivity index (χ4n) is 1.39. The normalized spacial score (nSPS) is 18.3. The van der Waals surface area contributed by atoms with E-state index >= 15 is 0 Å². The van der Waals surface area contributed by atoms with Gasteiger partial charge in [-0.15, -0.1) is 0 Å². The van der Waals surface area contributed by atoms with Crippen LogP contribution in [-0.4, -0.2) is 25.7 Å². The van der Waals surface area contributed by atoms with Crippen molar-refractivity contribution in [2.75, 3.05) is 19.7 Å². The third-order valence-corrected chi connectivity index (χ3v) is 2.45. The minimum absolute atomic E-state index is 0.0152. The Morgan fingerprint density at radius 3 is 2.62 bits per heavy atom. The van der Waals surface area contributed by atoms with Gasteiger partial charge in [0.25, 0.3) is 0 Å². The van der Waals surface area contributed by atoms with Crippen LogP contribution in [0.4, 0.5) is 0 Å². The van der Waals surface area contributed by atoms with Crippen LogP contribution in [0, 0.1) is 5.41 Å². The highest BCUT2D eigenvalue weighted by molar-refractivity contribution is 5.80. The van der Waals surface area contributed by atoms with E-state index in [0.29, 0.717) is 6.61 Å². The second-order valence-corrected chi connectivity index (χ2v) is 3.68. The molecule has 76 valence electrons. The quantitative estimate of drug-likeness (QED) is 0.501. The molecule has 0 bridgehead atoms. The second kappa shape index (κ2) is 4.61. The molecule has 0 aromatic heterocycles. The van der Waals surface area contributed by atoms with Crippen molar-refractivity contribution in [3.05, 3.63) is 0 Å². The first-order valence-corrected chi connectivity index (χ1v) is 5.13. The largest absolute Gasteiger partial charge is 0.466 e. The number of rotatable bonds is 6. The van der Waals surface area contributed by atoms with E-state index in [9.17, 15) is 4.79 Å². The van der Waals surface area contributed by atoms with Gasteiger partial charge in [0, 0.05) is 6.54 Å². The fourth-order valence-corrected chi connectivity index (χ4v) is 1.39. The monoisotopic (exact) mass is 185 g/mol. The molecule has 0 aliphatic heterocycles. The van der Waals surface area contributed by atoms with E-state index in [2.05, 4.69) is 12.2 Å². The van der Waals surface area contributed by atoms with E-state index < -0.39 is 0 Å². The molecule has 1 rings (SSSR count). The summed E-state index contributed by atoms with van der Waals surface area (Å²) in [6.45, 7) is 6.25. The standard InChI is InChI=1S/C10H19NO2/c1-3-7-11-8-10(5-6-10)9(12)13-4-2/h11H,3-8H2,1-2H3. The Hall–Kier alpha value is -0.570. The van der Waals surface area contributed by atoms with Crippen LogP contribution < -0.4 is 5.32 Å². The molecule has 3 nitrogen and oxygen atoms in total. The SMILES string of the molecule is CCCNCC1(C(=O)OCC)CC1. The van der Waals surface area contributed by atoms with Gasteiger partial charge >= 0.3 is 5.97 Å². The smallest absolute Gasteiger partial charge is 0.313 e. The number of nitrogens with one attached hydrogen (secondary N) is 1. The number of carbonyl (C=O) groups excluding carboxylic acids is 1. The Bertz CT molecular complexity index is 176. The Labute approximate surface area is 79.8 Å². The van der Waals surface area contributed by atoms with Gasteiger partial charge in [0.15, 0.2) is 0 Å². The molecule has 1 aliphatic carbocycles. The Balaban J connectivity index is 2.25. The van der Waals surface area contributed by atoms with E-state index in [1.807, 2.05) is 6.92 Å². The summed E-state index contributed by atoms with van der Waals surface area (Å²) < 4.78 is 5.02. The molecule has 1 saturated carbocycles. The van der Waals surface area contributed by atoms with Crippen LogP contribution in [0.15, 0.2) is 0 Å². The molecule has 0 radical (unpaired) electrons. The number of carbonyl (C=O) groups is 1. The van der Waals surface area contributed by atoms with Crippen LogP contribution in [0.5, 0.6) is 0 Å². The molecule has 0 aromatic rings. The second-order valence-electron chi connectivity index (χ2n) is 3.68. The van der Waals surface area contributed by atoms with Gasteiger partial charge in [0.2, 0.25) is 0 Å². The molecule has 0 atom stereocenters. The van der Waals surface area contributed by atoms with Gasteiger partial charge in [-0.2, -0.15) is 0 Å². The Kier molecular flexibility index (Phi) is 3.72. The summed E-state index contributed by atoms with van der Waals surface area (Å²) in [6.07, 6.45) is 3.09. The maximum absolute atomic E-state index is 11.5. The average molecular weight is 185 g/mol. The summed E-state index contributed by atoms with van der Waals surface area (Å²) in [5, 5.41) is 3.28. The van der Waals surface area contributed by atoms with Crippen molar-refractivity contribution in [2.24, 2.45) is 5.41 Å². The lowest BCUT2D eigenvalue weighted by Crippen LogP contribution is -2.31. The zero-order valence-electron chi connectivity index (χ0n) is 8.56. The summed E-state index contributed by atoms with van der Waals surface area (Å²) in [6, 6.07) is 0. The van der Waals surface area contributed by atoms with Gasteiger partial charge in [-0.25, -0.2) is 0 Å². The summed E-state index contributed by atoms with van der Waals surface area (Å²) >= 11 is 0. The van der Waals surface area contributed by atoms with Crippen LogP contribution in [0.25, 0.3) is 0 Å². The zero-order valence-corrected chi connectivity index (χ0v) is 8.56. The van der Waals surface area contributed by atoms with Gasteiger partial charge < -0.3 is 10.1 Å². The molecule has 0 saturated heterocycles. The van der Waals surface area contributed by atoms with Gasteiger partial charge in [-0.1, -0.05) is 6.92 Å². The van der Waals surface area contributed by atoms with Gasteiger partial charge in [-0.05, 0) is 32.7 Å². The first-order chi connectivity index (χ1) is 6.25. The Morgan fingerprint density at radius 1 is 1.46 bits per heavy atom. The van der Waals surface area contributed by atoms with E-state index in [1.165, 1.54) is 0 Å². The lowest BCUT2D eigenvalue weighted by atomic mass is 10.1. The molecule has 1 fully saturated rings. The van der Waals surface area contributed by atoms with Crippen LogP contribution in [0.1, 0.15) is 33.1 Å². The summed E-state index contributed by atoms with van der Waals surface area (Å²) in [4.78, 5) is 11.5. The van der Waals surface area contributed by atoms with E-state index in [4.69, 9.17) is 4.74 Å². The van der Waals surface area contributed by atoms with E-state index in [1.54, 1.807) is 0 Å². The van der Waals surface area contributed by atoms with Gasteiger partial charge in [0.05, 0.1) is 12.0 Å². The van der Waals surface area contributed by atoms with Gasteiger partial charge in [-0.3, -0.25) is 4.79 Å². The first-order valence-electron chi connectivity index (χ1n) is 5.13. The maximum Gasteiger partial charge on any atom is 0.313 e. The molecule has 1 N–H and O–H groups in total. The molecular weight excluding hydrogens is 166 g/mol. The number of ether oxygens (including phenoxy) is 1. The molecule has 13 heavy (non-hydrogen) atoms. The van der Waals surface area contributed by atoms with Crippen LogP contribution in [-0.2, 0) is 9.53 Å². The third-order valence-electron chi connectivity index (χ3n) is 2.45. The lowest BCUT2D eigenvalue weighted by molar-refractivity contribution is -0.149. The van der Waals surface area contributed by atoms with Crippen molar-refractivity contribution >= 4 is 5.97 Å². The predicted molar refractivity (Wildman–Crippen MR) is 51.5 cm³/mol. The molecule has 0 amide bonds. The number of hydrogen-bond acceptors (Lipinski definition) is 3. The van der Waals surface area contributed by atoms with Crippen molar-refractivity contribution < 1.29 is 9.53 Å². The molecule has 0 unspecified atom stereocenters. The minimum Gasteiger partial charge on any atom is -0.466 e. The van der Waals surface area contributed by atoms with Crippen molar-refractivity contribution in [1.29, 1.82) is 0 Å². The highest BCUT2D eigenvalue weighted by Crippen LogP contribution is 2.46. The predicted octanol–water partition coefficient (Wildman–Crippen LogP) is 1.33. The fraction of sp³-hybridized carbons (Fsp3) is 0.900. The van der Waals surface area contributed by atoms with Crippen molar-refractivity contribution in [3.63, 3.8) is 0 Å². The summed E-state index contributed by atoms with van der Waals surface area (Å²) in [5.74, 6) is -0.0152. The Morgan fingerprint density at radius 2 is 2.15 bits per heavy atom. The first kappa shape index (κ1) is 10.5. The maximum atomic E-state index is 11.5. The molecular formula is C10H19NO2. The van der Waals surface area contributed by atoms with Gasteiger partial charge in [0.1, 0.15) is 0 Å². The van der Waals surface area contributed by atoms with Crippen molar-refractivity contribution in [3.8, 4) is 0 Å². The third kappa shape index (κ3) is 2.69. The van der Waals surface area contributed by atoms with Crippen LogP contribution in [0.2, 0.25) is 0 Å². The number of hydrogen-bond donors (Lipinski definition) is 1. The minimum atomic E-state index is -0.162. The van der Waals surface area contributed by atoms with Crippen LogP contribution in [0.3, 0.4) is 0 Å². The van der Waals surface area contributed by atoms with E-state index in [-0.39, 0.29) is 11.4 Å². The highest BCUT2D eigenvalue weighted by atomic mass is 16.5. The highest BCUT2D eigenvalue weighted by Gasteiger charge is 2.50.